The molecule has 2 aromatic carbocycles. The molecule has 1 unspecified atom stereocenters. The summed E-state index contributed by atoms with van der Waals surface area (Å²) in [7, 11) is -4.07. The van der Waals surface area contributed by atoms with Gasteiger partial charge < -0.3 is 15.4 Å². The minimum absolute atomic E-state index is 0.0882. The molecule has 2 heterocycles. The van der Waals surface area contributed by atoms with Crippen LogP contribution in [0.1, 0.15) is 21.5 Å². The number of hydrogen-bond acceptors (Lipinski definition) is 5. The van der Waals surface area contributed by atoms with Gasteiger partial charge in [-0.1, -0.05) is 12.1 Å². The first-order chi connectivity index (χ1) is 12.8. The van der Waals surface area contributed by atoms with Gasteiger partial charge in [0.25, 0.3) is 16.0 Å². The second kappa shape index (κ2) is 6.40. The first-order valence-corrected chi connectivity index (χ1v) is 9.85. The average molecular weight is 386 g/mol. The van der Waals surface area contributed by atoms with Gasteiger partial charge in [0.1, 0.15) is 10.6 Å². The topological polar surface area (TPSA) is 108 Å². The molecule has 0 radical (unpaired) electrons. The van der Waals surface area contributed by atoms with Crippen molar-refractivity contribution in [3.05, 3.63) is 59.3 Å². The first kappa shape index (κ1) is 17.6. The van der Waals surface area contributed by atoms with E-state index >= 15 is 0 Å². The van der Waals surface area contributed by atoms with Gasteiger partial charge in [0.2, 0.25) is 0 Å². The zero-order chi connectivity index (χ0) is 19.2. The van der Waals surface area contributed by atoms with Crippen molar-refractivity contribution < 1.29 is 22.5 Å². The van der Waals surface area contributed by atoms with Crippen molar-refractivity contribution in [1.82, 2.24) is 10.3 Å². The smallest absolute Gasteiger partial charge is 0.297 e. The molecule has 3 aromatic rings. The minimum Gasteiger partial charge on any atom is -0.508 e. The van der Waals surface area contributed by atoms with E-state index in [2.05, 4.69) is 10.3 Å². The van der Waals surface area contributed by atoms with E-state index in [1.54, 1.807) is 19.1 Å². The Morgan fingerprint density at radius 1 is 1.26 bits per heavy atom. The van der Waals surface area contributed by atoms with Crippen molar-refractivity contribution in [2.75, 3.05) is 6.61 Å². The molecule has 0 saturated carbocycles. The highest BCUT2D eigenvalue weighted by Crippen LogP contribution is 2.27. The van der Waals surface area contributed by atoms with Gasteiger partial charge >= 0.3 is 0 Å². The molecular weight excluding hydrogens is 368 g/mol. The molecule has 1 aromatic heterocycles. The molecule has 8 heteroatoms. The number of carbonyl (C=O) groups is 1. The van der Waals surface area contributed by atoms with Crippen LogP contribution in [0, 0.1) is 6.92 Å². The lowest BCUT2D eigenvalue weighted by Gasteiger charge is -2.17. The largest absolute Gasteiger partial charge is 0.508 e. The fraction of sp³-hybridized carbons (Fsp3) is 0.211. The number of H-pyrrole nitrogens is 1. The number of nitrogens with one attached hydrogen (secondary N) is 2. The summed E-state index contributed by atoms with van der Waals surface area (Å²) in [6, 6.07) is 9.00. The van der Waals surface area contributed by atoms with Gasteiger partial charge in [-0.3, -0.25) is 8.98 Å². The lowest BCUT2D eigenvalue weighted by Crippen LogP contribution is -2.39. The summed E-state index contributed by atoms with van der Waals surface area (Å²) in [5.41, 5.74) is 2.82. The molecule has 0 spiro atoms. The summed E-state index contributed by atoms with van der Waals surface area (Å²) in [4.78, 5) is 15.6. The normalized spacial score (nSPS) is 16.9. The highest BCUT2D eigenvalue weighted by Gasteiger charge is 2.27. The van der Waals surface area contributed by atoms with Crippen molar-refractivity contribution >= 4 is 26.9 Å². The van der Waals surface area contributed by atoms with Crippen molar-refractivity contribution in [2.24, 2.45) is 0 Å². The number of phenols is 1. The van der Waals surface area contributed by atoms with Crippen molar-refractivity contribution in [2.45, 2.75) is 24.3 Å². The average Bonchev–Trinajstić information content (AvgIpc) is 2.98. The number of phenolic OH excluding ortho intramolecular Hbond substituents is 1. The maximum atomic E-state index is 12.5. The highest BCUT2D eigenvalue weighted by molar-refractivity contribution is 7.86. The number of aromatic hydroxyl groups is 1. The maximum Gasteiger partial charge on any atom is 0.297 e. The van der Waals surface area contributed by atoms with Gasteiger partial charge in [0, 0.05) is 28.7 Å². The van der Waals surface area contributed by atoms with Crippen LogP contribution in [0.15, 0.2) is 47.5 Å². The molecule has 0 aliphatic carbocycles. The van der Waals surface area contributed by atoms with Crippen LogP contribution in [-0.2, 0) is 20.7 Å². The molecule has 27 heavy (non-hydrogen) atoms. The van der Waals surface area contributed by atoms with Crippen LogP contribution in [0.25, 0.3) is 10.9 Å². The first-order valence-electron chi connectivity index (χ1n) is 8.44. The van der Waals surface area contributed by atoms with E-state index in [1.807, 2.05) is 12.3 Å². The van der Waals surface area contributed by atoms with Crippen molar-refractivity contribution in [3.8, 4) is 5.75 Å². The Kier molecular flexibility index (Phi) is 4.16. The van der Waals surface area contributed by atoms with Crippen LogP contribution >= 0.6 is 0 Å². The Morgan fingerprint density at radius 3 is 2.89 bits per heavy atom. The van der Waals surface area contributed by atoms with E-state index in [-0.39, 0.29) is 23.2 Å². The number of benzene rings is 2. The van der Waals surface area contributed by atoms with Crippen LogP contribution in [0.2, 0.25) is 0 Å². The number of aryl methyl sites for hydroxylation is 1. The second-order valence-electron chi connectivity index (χ2n) is 6.60. The van der Waals surface area contributed by atoms with Gasteiger partial charge in [-0.05, 0) is 42.7 Å². The van der Waals surface area contributed by atoms with Gasteiger partial charge in [-0.25, -0.2) is 0 Å². The SMILES string of the molecule is Cc1ccc(O)cc1S(=O)(=O)OCC1Cc2c[nH]c3cccc(c23)C(=O)N1. The summed E-state index contributed by atoms with van der Waals surface area (Å²) >= 11 is 0. The molecule has 140 valence electrons. The number of aromatic nitrogens is 1. The van der Waals surface area contributed by atoms with E-state index in [9.17, 15) is 18.3 Å². The number of carbonyl (C=O) groups excluding carboxylic acids is 1. The van der Waals surface area contributed by atoms with Gasteiger partial charge in [-0.2, -0.15) is 8.42 Å². The summed E-state index contributed by atoms with van der Waals surface area (Å²) in [6.07, 6.45) is 2.27. The van der Waals surface area contributed by atoms with Crippen LogP contribution in [0.4, 0.5) is 0 Å². The van der Waals surface area contributed by atoms with E-state index < -0.39 is 16.2 Å². The molecule has 1 aliphatic heterocycles. The Hall–Kier alpha value is -2.84. The minimum atomic E-state index is -4.07. The molecule has 0 fully saturated rings. The lowest BCUT2D eigenvalue weighted by atomic mass is 10.0. The summed E-state index contributed by atoms with van der Waals surface area (Å²) in [5.74, 6) is -0.422. The van der Waals surface area contributed by atoms with Crippen LogP contribution in [0.5, 0.6) is 5.75 Å². The molecule has 1 amide bonds. The van der Waals surface area contributed by atoms with Gasteiger partial charge in [0.15, 0.2) is 0 Å². The zero-order valence-corrected chi connectivity index (χ0v) is 15.3. The highest BCUT2D eigenvalue weighted by atomic mass is 32.2. The predicted molar refractivity (Wildman–Crippen MR) is 99.2 cm³/mol. The number of amides is 1. The maximum absolute atomic E-state index is 12.5. The number of hydrogen-bond donors (Lipinski definition) is 3. The van der Waals surface area contributed by atoms with Crippen LogP contribution in [0.3, 0.4) is 0 Å². The van der Waals surface area contributed by atoms with Crippen molar-refractivity contribution in [1.29, 1.82) is 0 Å². The molecule has 3 N–H and O–H groups in total. The fourth-order valence-corrected chi connectivity index (χ4v) is 4.58. The van der Waals surface area contributed by atoms with Gasteiger partial charge in [-0.15, -0.1) is 0 Å². The molecular formula is C19H18N2O5S. The Labute approximate surface area is 156 Å². The number of rotatable bonds is 4. The molecule has 1 atom stereocenters. The lowest BCUT2D eigenvalue weighted by molar-refractivity contribution is 0.0926. The predicted octanol–water partition coefficient (Wildman–Crippen LogP) is 2.24. The third-order valence-corrected chi connectivity index (χ3v) is 6.12. The van der Waals surface area contributed by atoms with Crippen LogP contribution in [-0.4, -0.2) is 37.1 Å². The monoisotopic (exact) mass is 386 g/mol. The number of aromatic amines is 1. The zero-order valence-electron chi connectivity index (χ0n) is 14.5. The quantitative estimate of drug-likeness (QED) is 0.596. The summed E-state index contributed by atoms with van der Waals surface area (Å²) in [5, 5.41) is 13.3. The third kappa shape index (κ3) is 3.17. The second-order valence-corrected chi connectivity index (χ2v) is 8.19. The van der Waals surface area contributed by atoms with Gasteiger partial charge in [0.05, 0.1) is 12.6 Å². The Morgan fingerprint density at radius 2 is 2.07 bits per heavy atom. The third-order valence-electron chi connectivity index (χ3n) is 4.70. The Bertz CT molecular complexity index is 1150. The van der Waals surface area contributed by atoms with E-state index in [1.165, 1.54) is 12.1 Å². The van der Waals surface area contributed by atoms with E-state index in [0.29, 0.717) is 17.5 Å². The fourth-order valence-electron chi connectivity index (χ4n) is 3.38. The van der Waals surface area contributed by atoms with Crippen LogP contribution < -0.4 is 5.32 Å². The van der Waals surface area contributed by atoms with E-state index in [4.69, 9.17) is 4.18 Å². The van der Waals surface area contributed by atoms with Crippen molar-refractivity contribution in [3.63, 3.8) is 0 Å². The molecule has 4 rings (SSSR count). The molecule has 0 saturated heterocycles. The summed E-state index contributed by atoms with van der Waals surface area (Å²) < 4.78 is 30.2. The Balaban J connectivity index is 1.57. The molecule has 0 bridgehead atoms. The van der Waals surface area contributed by atoms with E-state index in [0.717, 1.165) is 22.5 Å². The standard InChI is InChI=1S/C19H18N2O5S/c1-11-5-6-14(22)8-17(11)27(24,25)26-10-13-7-12-9-20-16-4-2-3-15(18(12)16)19(23)21-13/h2-6,8-9,13,20,22H,7,10H2,1H3,(H,21,23). The molecule has 1 aliphatic rings. The summed E-state index contributed by atoms with van der Waals surface area (Å²) in [6.45, 7) is 1.42. The molecule has 7 nitrogen and oxygen atoms in total.